The zero-order chi connectivity index (χ0) is 48.1. The normalized spacial score (nSPS) is 37.6. The molecule has 1 saturated heterocycles. The summed E-state index contributed by atoms with van der Waals surface area (Å²) in [7, 11) is 3.10. The van der Waals surface area contributed by atoms with Gasteiger partial charge >= 0.3 is 12.1 Å². The first kappa shape index (κ1) is 46.2. The zero-order valence-corrected chi connectivity index (χ0v) is 39.8. The molecule has 10 atom stereocenters. The van der Waals surface area contributed by atoms with Crippen LogP contribution in [0.1, 0.15) is 114 Å². The lowest BCUT2D eigenvalue weighted by molar-refractivity contribution is -0.187. The van der Waals surface area contributed by atoms with Gasteiger partial charge in [0, 0.05) is 51.0 Å². The van der Waals surface area contributed by atoms with E-state index >= 15 is 9.59 Å². The Morgan fingerprint density at radius 2 is 1.60 bits per heavy atom. The zero-order valence-electron chi connectivity index (χ0n) is 39.1. The summed E-state index contributed by atoms with van der Waals surface area (Å²) in [6.07, 6.45) is 5.75. The summed E-state index contributed by atoms with van der Waals surface area (Å²) in [6, 6.07) is 11.3. The minimum absolute atomic E-state index is 0.00202. The Morgan fingerprint density at radius 3 is 2.27 bits per heavy atom. The summed E-state index contributed by atoms with van der Waals surface area (Å²) in [5.74, 6) is -0.578. The smallest absolute Gasteiger partial charge is 0.416 e. The molecule has 2 aromatic carbocycles. The first-order valence-electron chi connectivity index (χ1n) is 23.5. The highest BCUT2D eigenvalue weighted by Crippen LogP contribution is 2.79. The lowest BCUT2D eigenvalue weighted by atomic mass is 9.32. The molecule has 10 nitrogen and oxygen atoms in total. The van der Waals surface area contributed by atoms with Crippen molar-refractivity contribution in [2.24, 2.45) is 44.3 Å². The summed E-state index contributed by atoms with van der Waals surface area (Å²) < 4.78 is 65.1. The summed E-state index contributed by atoms with van der Waals surface area (Å²) in [4.78, 5) is 46.1. The average molecular weight is 946 g/mol. The van der Waals surface area contributed by atoms with Crippen LogP contribution < -0.4 is 9.47 Å². The fraction of sp³-hybridized carbons (Fsp3) is 0.566. The molecule has 11 rings (SSSR count). The Bertz CT molecular complexity index is 2670. The minimum Gasteiger partial charge on any atom is -0.497 e. The molecule has 2 N–H and O–H groups in total. The van der Waals surface area contributed by atoms with Gasteiger partial charge in [0.05, 0.1) is 48.5 Å². The van der Waals surface area contributed by atoms with Crippen LogP contribution in [0, 0.1) is 44.3 Å². The molecule has 1 amide bonds. The minimum atomic E-state index is -4.63. The average Bonchev–Trinajstić information content (AvgIpc) is 3.97. The van der Waals surface area contributed by atoms with E-state index in [2.05, 4.69) is 26.0 Å². The van der Waals surface area contributed by atoms with Crippen molar-refractivity contribution in [3.63, 3.8) is 0 Å². The van der Waals surface area contributed by atoms with E-state index in [0.717, 1.165) is 24.6 Å². The van der Waals surface area contributed by atoms with E-state index in [-0.39, 0.29) is 58.4 Å². The second-order valence-corrected chi connectivity index (χ2v) is 22.4. The number of aliphatic hydroxyl groups excluding tert-OH is 1. The predicted molar refractivity (Wildman–Crippen MR) is 242 cm³/mol. The van der Waals surface area contributed by atoms with Gasteiger partial charge in [0.15, 0.2) is 11.4 Å². The molecule has 14 heteroatoms. The van der Waals surface area contributed by atoms with E-state index in [0.29, 0.717) is 74.0 Å². The third-order valence-electron chi connectivity index (χ3n) is 19.4. The molecule has 8 aliphatic rings. The number of aliphatic hydroxyl groups is 2. The molecule has 2 heterocycles. The standard InChI is InChI=1S/C53H59ClF3NO9/c1-45(2)48(5)20-23-52(45,67-44(48)62)43(61)58(28-30-8-10-33(64-6)25-39(30)65-7)29-50(63)19-16-41-47(50,4)18-15-40-46(3)17-14-32(59)26-49(46)21-22-51(40,41)35(27-49)42(60)38-13-12-37(66-38)34-24-31(53(55,56)57)9-11-36(34)54/h8-13,21-22,24-25,27,32,40-41,59,63H,14-20,23,26,28-29H2,1-7H3/t32?,40-,41-,46-,47+,48+,49+,50-,51-,52-/m1/s1. The number of amides is 1. The largest absolute Gasteiger partial charge is 0.497 e. The second-order valence-electron chi connectivity index (χ2n) is 22.0. The van der Waals surface area contributed by atoms with Crippen molar-refractivity contribution < 1.29 is 56.4 Å². The van der Waals surface area contributed by atoms with Crippen LogP contribution >= 0.6 is 11.6 Å². The number of ether oxygens (including phenoxy) is 3. The lowest BCUT2D eigenvalue weighted by Crippen LogP contribution is -2.67. The Hall–Kier alpha value is -4.59. The van der Waals surface area contributed by atoms with Crippen LogP contribution in [0.3, 0.4) is 0 Å². The van der Waals surface area contributed by atoms with Crippen LogP contribution in [-0.2, 0) is 27.0 Å². The Labute approximate surface area is 393 Å². The van der Waals surface area contributed by atoms with Crippen LogP contribution in [0.25, 0.3) is 11.3 Å². The number of furan rings is 1. The van der Waals surface area contributed by atoms with Crippen molar-refractivity contribution in [3.05, 3.63) is 94.2 Å². The van der Waals surface area contributed by atoms with E-state index in [4.69, 9.17) is 30.2 Å². The van der Waals surface area contributed by atoms with Crippen molar-refractivity contribution in [2.45, 2.75) is 122 Å². The molecular formula is C53H59ClF3NO9. The number of alkyl halides is 3. The fourth-order valence-electron chi connectivity index (χ4n) is 14.9. The molecular weight excluding hydrogens is 887 g/mol. The predicted octanol–water partition coefficient (Wildman–Crippen LogP) is 10.6. The number of rotatable bonds is 10. The van der Waals surface area contributed by atoms with Crippen LogP contribution in [-0.4, -0.2) is 70.8 Å². The number of halogens is 4. The molecule has 4 saturated carbocycles. The molecule has 67 heavy (non-hydrogen) atoms. The number of allylic oxidation sites excluding steroid dienone is 4. The number of methoxy groups -OCH3 is 2. The van der Waals surface area contributed by atoms with Gasteiger partial charge in [0.25, 0.3) is 5.91 Å². The molecule has 5 fully saturated rings. The van der Waals surface area contributed by atoms with Gasteiger partial charge in [-0.3, -0.25) is 14.4 Å². The van der Waals surface area contributed by atoms with Gasteiger partial charge in [-0.25, -0.2) is 0 Å². The fourth-order valence-corrected chi connectivity index (χ4v) is 15.1. The van der Waals surface area contributed by atoms with E-state index in [1.54, 1.807) is 31.3 Å². The van der Waals surface area contributed by atoms with Gasteiger partial charge in [-0.2, -0.15) is 13.2 Å². The molecule has 1 unspecified atom stereocenters. The maximum atomic E-state index is 15.5. The molecule has 358 valence electrons. The third kappa shape index (κ3) is 5.98. The number of carbonyl (C=O) groups excluding carboxylic acids is 3. The molecule has 4 bridgehead atoms. The van der Waals surface area contributed by atoms with Gasteiger partial charge in [0.2, 0.25) is 5.78 Å². The summed E-state index contributed by atoms with van der Waals surface area (Å²) in [6.45, 7) is 10.00. The van der Waals surface area contributed by atoms with Crippen molar-refractivity contribution in [2.75, 3.05) is 20.8 Å². The Balaban J connectivity index is 1.06. The van der Waals surface area contributed by atoms with Gasteiger partial charge in [-0.15, -0.1) is 0 Å². The number of esters is 1. The number of carbonyl (C=O) groups is 3. The van der Waals surface area contributed by atoms with Crippen molar-refractivity contribution in [3.8, 4) is 22.8 Å². The van der Waals surface area contributed by atoms with Crippen LogP contribution in [0.15, 0.2) is 76.7 Å². The highest BCUT2D eigenvalue weighted by atomic mass is 35.5. The van der Waals surface area contributed by atoms with Gasteiger partial charge in [-0.1, -0.05) is 57.5 Å². The molecule has 3 aromatic rings. The summed E-state index contributed by atoms with van der Waals surface area (Å²) in [5, 5.41) is 24.8. The van der Waals surface area contributed by atoms with Gasteiger partial charge in [0.1, 0.15) is 17.3 Å². The third-order valence-corrected chi connectivity index (χ3v) is 19.7. The quantitative estimate of drug-likeness (QED) is 0.116. The summed E-state index contributed by atoms with van der Waals surface area (Å²) in [5.41, 5.74) is -7.24. The van der Waals surface area contributed by atoms with Crippen molar-refractivity contribution >= 4 is 29.3 Å². The lowest BCUT2D eigenvalue weighted by Gasteiger charge is -2.71. The molecule has 1 aliphatic heterocycles. The number of hydrogen-bond donors (Lipinski definition) is 2. The first-order valence-corrected chi connectivity index (χ1v) is 23.9. The van der Waals surface area contributed by atoms with Crippen LogP contribution in [0.5, 0.6) is 11.5 Å². The summed E-state index contributed by atoms with van der Waals surface area (Å²) >= 11 is 6.44. The second kappa shape index (κ2) is 14.7. The first-order chi connectivity index (χ1) is 31.4. The molecule has 7 aliphatic carbocycles. The number of Topliss-reactive ketones (excluding diaryl/α,β-unsaturated/α-hetero) is 1. The number of ketones is 1. The number of benzene rings is 2. The Kier molecular flexibility index (Phi) is 10.1. The van der Waals surface area contributed by atoms with Gasteiger partial charge in [-0.05, 0) is 124 Å². The molecule has 0 radical (unpaired) electrons. The SMILES string of the molecule is COc1ccc(CN(C[C@]2(O)CC[C@H]3[C@]45C=C[C@@]6(C=C4C(=O)c4ccc(-c7cc(C(F)(F)F)ccc7Cl)o4)CC(O)CC[C@]6(C)[C@H]5CC[C@@]32C)C(=O)[C@@]23CC[C@@](C)(C(=O)O2)C3(C)C)c(OC)c1. The van der Waals surface area contributed by atoms with E-state index < -0.39 is 67.9 Å². The number of nitrogens with zero attached hydrogens (tertiary/aromatic N) is 1. The maximum absolute atomic E-state index is 15.5. The maximum Gasteiger partial charge on any atom is 0.416 e. The van der Waals surface area contributed by atoms with E-state index in [1.807, 2.05) is 32.9 Å². The Morgan fingerprint density at radius 1 is 0.881 bits per heavy atom. The van der Waals surface area contributed by atoms with Crippen molar-refractivity contribution in [1.29, 1.82) is 0 Å². The topological polar surface area (TPSA) is 136 Å². The highest BCUT2D eigenvalue weighted by Gasteiger charge is 2.78. The molecule has 1 aromatic heterocycles. The number of fused-ring (bicyclic) bond motifs is 3. The molecule has 2 spiro atoms. The van der Waals surface area contributed by atoms with E-state index in [1.165, 1.54) is 12.1 Å². The van der Waals surface area contributed by atoms with Crippen molar-refractivity contribution in [1.82, 2.24) is 4.90 Å². The van der Waals surface area contributed by atoms with Gasteiger partial charge < -0.3 is 33.7 Å². The van der Waals surface area contributed by atoms with E-state index in [9.17, 15) is 28.2 Å². The highest BCUT2D eigenvalue weighted by molar-refractivity contribution is 6.33. The monoisotopic (exact) mass is 945 g/mol. The van der Waals surface area contributed by atoms with Crippen LogP contribution in [0.2, 0.25) is 5.02 Å². The van der Waals surface area contributed by atoms with Crippen LogP contribution in [0.4, 0.5) is 13.2 Å². The number of hydrogen-bond acceptors (Lipinski definition) is 9.